The van der Waals surface area contributed by atoms with Gasteiger partial charge >= 0.3 is 0 Å². The van der Waals surface area contributed by atoms with Crippen molar-refractivity contribution in [1.82, 2.24) is 25.1 Å². The van der Waals surface area contributed by atoms with Crippen LogP contribution < -0.4 is 10.7 Å². The molecule has 2 N–H and O–H groups in total. The third-order valence-corrected chi connectivity index (χ3v) is 4.65. The van der Waals surface area contributed by atoms with Gasteiger partial charge in [0.2, 0.25) is 5.43 Å². The molecule has 0 unspecified atom stereocenters. The molecule has 0 saturated carbocycles. The highest BCUT2D eigenvalue weighted by Gasteiger charge is 2.24. The molecule has 2 aromatic heterocycles. The second-order valence-corrected chi connectivity index (χ2v) is 6.49. The number of imidazole rings is 1. The summed E-state index contributed by atoms with van der Waals surface area (Å²) in [5.74, 6) is -0.437. The van der Waals surface area contributed by atoms with Crippen LogP contribution in [0.1, 0.15) is 34.0 Å². The van der Waals surface area contributed by atoms with Crippen LogP contribution >= 0.6 is 0 Å². The summed E-state index contributed by atoms with van der Waals surface area (Å²) in [6, 6.07) is 10.9. The van der Waals surface area contributed by atoms with Gasteiger partial charge in [-0.2, -0.15) is 5.10 Å². The summed E-state index contributed by atoms with van der Waals surface area (Å²) in [4.78, 5) is 32.3. The van der Waals surface area contributed by atoms with E-state index in [9.17, 15) is 9.59 Å². The van der Waals surface area contributed by atoms with Crippen molar-refractivity contribution >= 4 is 5.91 Å². The molecule has 1 aromatic carbocycles. The number of H-pyrrole nitrogens is 1. The van der Waals surface area contributed by atoms with Crippen molar-refractivity contribution in [3.05, 3.63) is 75.7 Å². The highest BCUT2D eigenvalue weighted by atomic mass is 16.2. The van der Waals surface area contributed by atoms with Crippen LogP contribution in [0.15, 0.2) is 47.5 Å². The lowest BCUT2D eigenvalue weighted by Crippen LogP contribution is -2.41. The molecule has 0 radical (unpaired) electrons. The van der Waals surface area contributed by atoms with Crippen LogP contribution in [0.2, 0.25) is 0 Å². The second-order valence-electron chi connectivity index (χ2n) is 6.49. The minimum absolute atomic E-state index is 0.0388. The fourth-order valence-electron chi connectivity index (χ4n) is 3.31. The first-order chi connectivity index (χ1) is 12.6. The first kappa shape index (κ1) is 16.3. The van der Waals surface area contributed by atoms with Crippen molar-refractivity contribution in [3.8, 4) is 5.69 Å². The Balaban J connectivity index is 1.59. The van der Waals surface area contributed by atoms with Gasteiger partial charge in [-0.15, -0.1) is 0 Å². The van der Waals surface area contributed by atoms with Gasteiger partial charge in [0.25, 0.3) is 5.91 Å². The Morgan fingerprint density at radius 1 is 1.31 bits per heavy atom. The Hall–Kier alpha value is -3.22. The number of carbonyl (C=O) groups excluding carboxylic acids is 1. The number of fused-ring (bicyclic) bond motifs is 1. The number of hydrogen-bond donors (Lipinski definition) is 2. The summed E-state index contributed by atoms with van der Waals surface area (Å²) in [6.45, 7) is 1.80. The van der Waals surface area contributed by atoms with Gasteiger partial charge in [-0.25, -0.2) is 9.67 Å². The van der Waals surface area contributed by atoms with E-state index < -0.39 is 5.91 Å². The topological polar surface area (TPSA) is 92.7 Å². The lowest BCUT2D eigenvalue weighted by atomic mass is 9.96. The van der Waals surface area contributed by atoms with E-state index >= 15 is 0 Å². The Kier molecular flexibility index (Phi) is 4.12. The summed E-state index contributed by atoms with van der Waals surface area (Å²) < 4.78 is 1.62. The Morgan fingerprint density at radius 2 is 2.12 bits per heavy atom. The first-order valence-corrected chi connectivity index (χ1v) is 8.60. The van der Waals surface area contributed by atoms with Gasteiger partial charge in [0, 0.05) is 29.9 Å². The van der Waals surface area contributed by atoms with Crippen LogP contribution in [0.5, 0.6) is 0 Å². The van der Waals surface area contributed by atoms with Crippen LogP contribution in [-0.2, 0) is 12.8 Å². The summed E-state index contributed by atoms with van der Waals surface area (Å²) in [6.07, 6.45) is 3.95. The molecule has 0 bridgehead atoms. The molecule has 0 aliphatic heterocycles. The molecule has 132 valence electrons. The molecule has 0 fully saturated rings. The summed E-state index contributed by atoms with van der Waals surface area (Å²) in [7, 11) is 0. The molecule has 4 rings (SSSR count). The Bertz CT molecular complexity index is 1010. The molecule has 0 saturated heterocycles. The van der Waals surface area contributed by atoms with Gasteiger partial charge in [0.15, 0.2) is 5.69 Å². The molecule has 1 amide bonds. The molecule has 0 spiro atoms. The molecular weight excluding hydrogens is 330 g/mol. The van der Waals surface area contributed by atoms with Crippen molar-refractivity contribution in [2.24, 2.45) is 0 Å². The number of aryl methyl sites for hydroxylation is 2. The van der Waals surface area contributed by atoms with E-state index in [1.807, 2.05) is 30.3 Å². The number of hydrogen-bond acceptors (Lipinski definition) is 4. The fraction of sp³-hybridized carbons (Fsp3) is 0.263. The van der Waals surface area contributed by atoms with Crippen molar-refractivity contribution in [2.45, 2.75) is 32.2 Å². The molecule has 7 heteroatoms. The van der Waals surface area contributed by atoms with Gasteiger partial charge in [0.05, 0.1) is 17.7 Å². The predicted octanol–water partition coefficient (Wildman–Crippen LogP) is 1.55. The highest BCUT2D eigenvalue weighted by molar-refractivity contribution is 5.92. The van der Waals surface area contributed by atoms with Crippen LogP contribution in [0, 0.1) is 6.92 Å². The maximum Gasteiger partial charge on any atom is 0.276 e. The van der Waals surface area contributed by atoms with E-state index in [1.165, 1.54) is 6.07 Å². The minimum atomic E-state index is -0.437. The largest absolute Gasteiger partial charge is 0.348 e. The Morgan fingerprint density at radius 3 is 2.92 bits per heavy atom. The molecule has 26 heavy (non-hydrogen) atoms. The Labute approximate surface area is 150 Å². The average molecular weight is 349 g/mol. The molecule has 3 aromatic rings. The third kappa shape index (κ3) is 3.03. The van der Waals surface area contributed by atoms with Crippen molar-refractivity contribution in [3.63, 3.8) is 0 Å². The smallest absolute Gasteiger partial charge is 0.276 e. The molecule has 1 aliphatic rings. The first-order valence-electron chi connectivity index (χ1n) is 8.60. The van der Waals surface area contributed by atoms with E-state index in [0.717, 1.165) is 29.9 Å². The molecule has 2 heterocycles. The number of rotatable bonds is 3. The average Bonchev–Trinajstić information content (AvgIpc) is 3.10. The SMILES string of the molecule is Cc1cc(=O)c(C(=O)N[C@H]2CCc3nc[nH]c3C2)nn1-c1ccccc1. The molecular formula is C19H19N5O2. The van der Waals surface area contributed by atoms with Crippen LogP contribution in [0.3, 0.4) is 0 Å². The summed E-state index contributed by atoms with van der Waals surface area (Å²) >= 11 is 0. The number of nitrogens with one attached hydrogen (secondary N) is 2. The molecule has 1 aliphatic carbocycles. The zero-order valence-electron chi connectivity index (χ0n) is 14.4. The number of para-hydroxylation sites is 1. The van der Waals surface area contributed by atoms with Crippen LogP contribution in [0.4, 0.5) is 0 Å². The van der Waals surface area contributed by atoms with Gasteiger partial charge in [-0.3, -0.25) is 9.59 Å². The number of benzene rings is 1. The minimum Gasteiger partial charge on any atom is -0.348 e. The number of nitrogens with zero attached hydrogens (tertiary/aromatic N) is 3. The van der Waals surface area contributed by atoms with Crippen molar-refractivity contribution in [2.75, 3.05) is 0 Å². The molecule has 1 atom stereocenters. The standard InChI is InChI=1S/C19H19N5O2/c1-12-9-17(25)18(23-24(12)14-5-3-2-4-6-14)19(26)22-13-7-8-15-16(10-13)21-11-20-15/h2-6,9,11,13H,7-8,10H2,1H3,(H,20,21)(H,22,26)/t13-/m0/s1. The summed E-state index contributed by atoms with van der Waals surface area (Å²) in [5.41, 5.74) is 3.12. The zero-order chi connectivity index (χ0) is 18.1. The predicted molar refractivity (Wildman–Crippen MR) is 96.4 cm³/mol. The monoisotopic (exact) mass is 349 g/mol. The number of aromatic nitrogens is 4. The number of aromatic amines is 1. The van der Waals surface area contributed by atoms with Gasteiger partial charge in [0.1, 0.15) is 0 Å². The molecule has 7 nitrogen and oxygen atoms in total. The van der Waals surface area contributed by atoms with E-state index in [2.05, 4.69) is 20.4 Å². The van der Waals surface area contributed by atoms with Gasteiger partial charge in [-0.05, 0) is 31.9 Å². The van der Waals surface area contributed by atoms with Gasteiger partial charge in [-0.1, -0.05) is 18.2 Å². The zero-order valence-corrected chi connectivity index (χ0v) is 14.4. The van der Waals surface area contributed by atoms with E-state index in [1.54, 1.807) is 17.9 Å². The lowest BCUT2D eigenvalue weighted by molar-refractivity contribution is 0.0925. The normalized spacial score (nSPS) is 16.1. The fourth-order valence-corrected chi connectivity index (χ4v) is 3.31. The lowest BCUT2D eigenvalue weighted by Gasteiger charge is -2.22. The van der Waals surface area contributed by atoms with Crippen molar-refractivity contribution < 1.29 is 4.79 Å². The second kappa shape index (κ2) is 6.59. The van der Waals surface area contributed by atoms with E-state index in [-0.39, 0.29) is 17.2 Å². The van der Waals surface area contributed by atoms with Crippen molar-refractivity contribution in [1.29, 1.82) is 0 Å². The highest BCUT2D eigenvalue weighted by Crippen LogP contribution is 2.18. The maximum atomic E-state index is 12.7. The number of amides is 1. The van der Waals surface area contributed by atoms with E-state index in [0.29, 0.717) is 12.1 Å². The number of carbonyl (C=O) groups is 1. The van der Waals surface area contributed by atoms with Crippen LogP contribution in [-0.4, -0.2) is 31.7 Å². The quantitative estimate of drug-likeness (QED) is 0.750. The van der Waals surface area contributed by atoms with E-state index in [4.69, 9.17) is 0 Å². The third-order valence-electron chi connectivity index (χ3n) is 4.65. The van der Waals surface area contributed by atoms with Crippen LogP contribution in [0.25, 0.3) is 5.69 Å². The van der Waals surface area contributed by atoms with Gasteiger partial charge < -0.3 is 10.3 Å². The summed E-state index contributed by atoms with van der Waals surface area (Å²) in [5, 5.41) is 7.26. The maximum absolute atomic E-state index is 12.7.